The SMILES string of the molecule is CCOC(=O)[C@](O)(C#Cc1cccs1)C(F)(F)F. The Balaban J connectivity index is 3.10. The van der Waals surface area contributed by atoms with Crippen molar-refractivity contribution in [1.82, 2.24) is 0 Å². The van der Waals surface area contributed by atoms with Crippen LogP contribution in [0, 0.1) is 11.8 Å². The van der Waals surface area contributed by atoms with Crippen molar-refractivity contribution in [3.05, 3.63) is 22.4 Å². The summed E-state index contributed by atoms with van der Waals surface area (Å²) in [4.78, 5) is 11.5. The van der Waals surface area contributed by atoms with Crippen molar-refractivity contribution in [2.75, 3.05) is 6.61 Å². The Morgan fingerprint density at radius 1 is 1.56 bits per heavy atom. The summed E-state index contributed by atoms with van der Waals surface area (Å²) in [5, 5.41) is 11.0. The van der Waals surface area contributed by atoms with Crippen LogP contribution in [-0.2, 0) is 9.53 Å². The Morgan fingerprint density at radius 2 is 2.22 bits per heavy atom. The van der Waals surface area contributed by atoms with Gasteiger partial charge < -0.3 is 9.84 Å². The smallest absolute Gasteiger partial charge is 0.440 e. The molecule has 98 valence electrons. The molecule has 0 saturated heterocycles. The van der Waals surface area contributed by atoms with E-state index in [0.717, 1.165) is 11.3 Å². The topological polar surface area (TPSA) is 46.5 Å². The molecule has 1 atom stereocenters. The maximum atomic E-state index is 12.7. The van der Waals surface area contributed by atoms with E-state index >= 15 is 0 Å². The van der Waals surface area contributed by atoms with Crippen LogP contribution in [0.1, 0.15) is 11.8 Å². The van der Waals surface area contributed by atoms with Gasteiger partial charge in [-0.25, -0.2) is 4.79 Å². The second-order valence-electron chi connectivity index (χ2n) is 3.16. The molecule has 0 spiro atoms. The lowest BCUT2D eigenvalue weighted by molar-refractivity contribution is -0.242. The number of halogens is 3. The summed E-state index contributed by atoms with van der Waals surface area (Å²) in [7, 11) is 0. The molecule has 1 aromatic rings. The van der Waals surface area contributed by atoms with Gasteiger partial charge in [0.15, 0.2) is 0 Å². The lowest BCUT2D eigenvalue weighted by Crippen LogP contribution is -2.52. The first kappa shape index (κ1) is 14.5. The van der Waals surface area contributed by atoms with Crippen LogP contribution in [0.3, 0.4) is 0 Å². The summed E-state index contributed by atoms with van der Waals surface area (Å²) in [6.07, 6.45) is -5.22. The van der Waals surface area contributed by atoms with Crippen molar-refractivity contribution < 1.29 is 27.8 Å². The number of ether oxygens (including phenoxy) is 1. The van der Waals surface area contributed by atoms with Gasteiger partial charge in [-0.2, -0.15) is 13.2 Å². The molecule has 0 fully saturated rings. The molecule has 3 nitrogen and oxygen atoms in total. The number of aliphatic hydroxyl groups is 1. The van der Waals surface area contributed by atoms with E-state index in [2.05, 4.69) is 10.7 Å². The zero-order valence-corrected chi connectivity index (χ0v) is 10.1. The number of carbonyl (C=O) groups excluding carboxylic acids is 1. The molecular formula is C11H9F3O3S. The summed E-state index contributed by atoms with van der Waals surface area (Å²) >= 11 is 1.10. The number of carbonyl (C=O) groups is 1. The van der Waals surface area contributed by atoms with Crippen LogP contribution in [0.4, 0.5) is 13.2 Å². The minimum atomic E-state index is -5.22. The van der Waals surface area contributed by atoms with E-state index in [0.29, 0.717) is 4.88 Å². The maximum Gasteiger partial charge on any atom is 0.440 e. The first-order valence-electron chi connectivity index (χ1n) is 4.84. The van der Waals surface area contributed by atoms with Crippen LogP contribution in [0.2, 0.25) is 0 Å². The molecule has 0 unspecified atom stereocenters. The molecule has 0 aliphatic heterocycles. The predicted octanol–water partition coefficient (Wildman–Crippen LogP) is 1.96. The number of hydrogen-bond acceptors (Lipinski definition) is 4. The molecule has 1 aromatic heterocycles. The van der Waals surface area contributed by atoms with Crippen LogP contribution in [0.25, 0.3) is 0 Å². The Labute approximate surface area is 105 Å². The van der Waals surface area contributed by atoms with Gasteiger partial charge in [-0.3, -0.25) is 0 Å². The fourth-order valence-corrected chi connectivity index (χ4v) is 1.55. The van der Waals surface area contributed by atoms with Crippen molar-refractivity contribution >= 4 is 17.3 Å². The maximum absolute atomic E-state index is 12.7. The second-order valence-corrected chi connectivity index (χ2v) is 4.10. The van der Waals surface area contributed by atoms with Crippen molar-refractivity contribution in [3.8, 4) is 11.8 Å². The first-order valence-corrected chi connectivity index (χ1v) is 5.72. The van der Waals surface area contributed by atoms with Crippen LogP contribution < -0.4 is 0 Å². The Bertz CT molecular complexity index is 470. The van der Waals surface area contributed by atoms with Gasteiger partial charge in [0.25, 0.3) is 0 Å². The highest BCUT2D eigenvalue weighted by atomic mass is 32.1. The molecule has 0 aliphatic rings. The molecular weight excluding hydrogens is 269 g/mol. The molecule has 0 saturated carbocycles. The van der Waals surface area contributed by atoms with Gasteiger partial charge in [-0.15, -0.1) is 11.3 Å². The molecule has 0 amide bonds. The molecule has 0 aliphatic carbocycles. The minimum Gasteiger partial charge on any atom is -0.463 e. The van der Waals surface area contributed by atoms with Crippen molar-refractivity contribution in [2.45, 2.75) is 18.7 Å². The van der Waals surface area contributed by atoms with Crippen LogP contribution in [0.15, 0.2) is 17.5 Å². The fourth-order valence-electron chi connectivity index (χ4n) is 0.975. The van der Waals surface area contributed by atoms with Gasteiger partial charge in [0.2, 0.25) is 0 Å². The van der Waals surface area contributed by atoms with Crippen LogP contribution >= 0.6 is 11.3 Å². The van der Waals surface area contributed by atoms with E-state index in [4.69, 9.17) is 0 Å². The third-order valence-corrected chi connectivity index (χ3v) is 2.65. The van der Waals surface area contributed by atoms with E-state index in [1.807, 2.05) is 0 Å². The lowest BCUT2D eigenvalue weighted by Gasteiger charge is -2.22. The highest BCUT2D eigenvalue weighted by Gasteiger charge is 2.60. The molecule has 1 rings (SSSR count). The Morgan fingerprint density at radius 3 is 2.67 bits per heavy atom. The zero-order chi connectivity index (χ0) is 13.8. The summed E-state index contributed by atoms with van der Waals surface area (Å²) in [5.74, 6) is 1.83. The van der Waals surface area contributed by atoms with Crippen molar-refractivity contribution in [2.24, 2.45) is 0 Å². The largest absolute Gasteiger partial charge is 0.463 e. The van der Waals surface area contributed by atoms with E-state index in [1.54, 1.807) is 11.4 Å². The average Bonchev–Trinajstić information content (AvgIpc) is 2.77. The monoisotopic (exact) mass is 278 g/mol. The molecule has 0 bridgehead atoms. The summed E-state index contributed by atoms with van der Waals surface area (Å²) in [6, 6.07) is 3.06. The predicted molar refractivity (Wildman–Crippen MR) is 58.8 cm³/mol. The van der Waals surface area contributed by atoms with Gasteiger partial charge in [-0.05, 0) is 24.3 Å². The number of alkyl halides is 3. The van der Waals surface area contributed by atoms with E-state index in [9.17, 15) is 23.1 Å². The molecule has 1 N–H and O–H groups in total. The number of rotatable bonds is 2. The molecule has 18 heavy (non-hydrogen) atoms. The molecule has 1 heterocycles. The Hall–Kier alpha value is -1.52. The summed E-state index contributed by atoms with van der Waals surface area (Å²) < 4.78 is 42.2. The summed E-state index contributed by atoms with van der Waals surface area (Å²) in [5.41, 5.74) is -3.80. The van der Waals surface area contributed by atoms with Gasteiger partial charge in [0, 0.05) is 0 Å². The number of hydrogen-bond donors (Lipinski definition) is 1. The number of esters is 1. The second kappa shape index (κ2) is 5.42. The average molecular weight is 278 g/mol. The van der Waals surface area contributed by atoms with Crippen LogP contribution in [0.5, 0.6) is 0 Å². The van der Waals surface area contributed by atoms with Gasteiger partial charge in [0.05, 0.1) is 11.5 Å². The highest BCUT2D eigenvalue weighted by molar-refractivity contribution is 7.10. The normalized spacial score (nSPS) is 14.3. The first-order chi connectivity index (χ1) is 8.31. The number of thiophene rings is 1. The van der Waals surface area contributed by atoms with Crippen molar-refractivity contribution in [3.63, 3.8) is 0 Å². The standard InChI is InChI=1S/C11H9F3O3S/c1-2-17-9(15)10(16,11(12,13)14)6-5-8-4-3-7-18-8/h3-4,7,16H,2H2,1H3/t10-/m1/s1. The summed E-state index contributed by atoms with van der Waals surface area (Å²) in [6.45, 7) is 1.05. The van der Waals surface area contributed by atoms with E-state index in [-0.39, 0.29) is 6.61 Å². The van der Waals surface area contributed by atoms with Crippen molar-refractivity contribution in [1.29, 1.82) is 0 Å². The van der Waals surface area contributed by atoms with E-state index in [1.165, 1.54) is 18.9 Å². The van der Waals surface area contributed by atoms with Gasteiger partial charge in [0.1, 0.15) is 0 Å². The van der Waals surface area contributed by atoms with Gasteiger partial charge >= 0.3 is 17.7 Å². The minimum absolute atomic E-state index is 0.280. The van der Waals surface area contributed by atoms with Crippen LogP contribution in [-0.4, -0.2) is 29.5 Å². The highest BCUT2D eigenvalue weighted by Crippen LogP contribution is 2.31. The molecule has 7 heteroatoms. The fraction of sp³-hybridized carbons (Fsp3) is 0.364. The Kier molecular flexibility index (Phi) is 4.38. The van der Waals surface area contributed by atoms with Gasteiger partial charge in [-0.1, -0.05) is 12.0 Å². The quantitative estimate of drug-likeness (QED) is 0.664. The third-order valence-electron chi connectivity index (χ3n) is 1.87. The molecule has 0 aromatic carbocycles. The zero-order valence-electron chi connectivity index (χ0n) is 9.25. The molecule has 0 radical (unpaired) electrons. The van der Waals surface area contributed by atoms with E-state index < -0.39 is 17.7 Å². The third kappa shape index (κ3) is 3.03. The lowest BCUT2D eigenvalue weighted by atomic mass is 10.1.